The van der Waals surface area contributed by atoms with E-state index in [4.69, 9.17) is 4.74 Å². The highest BCUT2D eigenvalue weighted by Gasteiger charge is 2.35. The Balaban J connectivity index is 1.99. The van der Waals surface area contributed by atoms with Crippen LogP contribution in [0.2, 0.25) is 0 Å². The fraction of sp³-hybridized carbons (Fsp3) is 0.250. The monoisotopic (exact) mass is 336 g/mol. The van der Waals surface area contributed by atoms with Crippen molar-refractivity contribution in [2.24, 2.45) is 0 Å². The molecule has 11 heteroatoms. The van der Waals surface area contributed by atoms with E-state index in [1.54, 1.807) is 5.10 Å². The van der Waals surface area contributed by atoms with Crippen molar-refractivity contribution in [3.05, 3.63) is 35.7 Å². The summed E-state index contributed by atoms with van der Waals surface area (Å²) >= 11 is 0. The summed E-state index contributed by atoms with van der Waals surface area (Å²) < 4.78 is 67.8. The van der Waals surface area contributed by atoms with Gasteiger partial charge in [-0.05, 0) is 19.1 Å². The SMILES string of the molecule is C[C@@H](Oc1ccc(F)c(F)c1)C(=O)Nc1n[nH]c(C(F)(F)F)n1. The second-order valence-corrected chi connectivity index (χ2v) is 4.33. The lowest BCUT2D eigenvalue weighted by molar-refractivity contribution is -0.144. The molecule has 0 aliphatic carbocycles. The predicted octanol–water partition coefficient (Wildman–Crippen LogP) is 2.51. The van der Waals surface area contributed by atoms with Gasteiger partial charge in [0.15, 0.2) is 17.7 Å². The Hall–Kier alpha value is -2.72. The number of rotatable bonds is 4. The second-order valence-electron chi connectivity index (χ2n) is 4.33. The molecule has 23 heavy (non-hydrogen) atoms. The molecular weight excluding hydrogens is 327 g/mol. The van der Waals surface area contributed by atoms with E-state index in [9.17, 15) is 26.7 Å². The number of aromatic nitrogens is 3. The van der Waals surface area contributed by atoms with Crippen molar-refractivity contribution in [3.63, 3.8) is 0 Å². The summed E-state index contributed by atoms with van der Waals surface area (Å²) in [6.45, 7) is 1.26. The zero-order valence-corrected chi connectivity index (χ0v) is 11.4. The molecule has 0 bridgehead atoms. The number of hydrogen-bond donors (Lipinski definition) is 2. The minimum atomic E-state index is -4.73. The number of nitrogens with one attached hydrogen (secondary N) is 2. The zero-order chi connectivity index (χ0) is 17.2. The Bertz CT molecular complexity index is 716. The third-order valence-electron chi connectivity index (χ3n) is 2.56. The van der Waals surface area contributed by atoms with Crippen LogP contribution in [-0.4, -0.2) is 27.2 Å². The quantitative estimate of drug-likeness (QED) is 0.841. The first-order valence-electron chi connectivity index (χ1n) is 6.09. The van der Waals surface area contributed by atoms with Crippen LogP contribution in [0.4, 0.5) is 27.9 Å². The average Bonchev–Trinajstić information content (AvgIpc) is 2.91. The van der Waals surface area contributed by atoms with Gasteiger partial charge >= 0.3 is 6.18 Å². The van der Waals surface area contributed by atoms with Gasteiger partial charge < -0.3 is 4.74 Å². The Morgan fingerprint density at radius 1 is 1.30 bits per heavy atom. The van der Waals surface area contributed by atoms with E-state index in [0.717, 1.165) is 18.2 Å². The zero-order valence-electron chi connectivity index (χ0n) is 11.4. The number of halogens is 5. The highest BCUT2D eigenvalue weighted by atomic mass is 19.4. The fourth-order valence-electron chi connectivity index (χ4n) is 1.46. The van der Waals surface area contributed by atoms with Gasteiger partial charge in [-0.2, -0.15) is 18.2 Å². The number of carbonyl (C=O) groups excluding carboxylic acids is 1. The van der Waals surface area contributed by atoms with Crippen LogP contribution in [0.1, 0.15) is 12.7 Å². The Morgan fingerprint density at radius 2 is 2.00 bits per heavy atom. The van der Waals surface area contributed by atoms with E-state index >= 15 is 0 Å². The van der Waals surface area contributed by atoms with Crippen molar-refractivity contribution >= 4 is 11.9 Å². The molecule has 0 fully saturated rings. The lowest BCUT2D eigenvalue weighted by Gasteiger charge is -2.13. The number of H-pyrrole nitrogens is 1. The fourth-order valence-corrected chi connectivity index (χ4v) is 1.46. The minimum Gasteiger partial charge on any atom is -0.481 e. The molecule has 1 amide bonds. The van der Waals surface area contributed by atoms with Crippen LogP contribution >= 0.6 is 0 Å². The maximum Gasteiger partial charge on any atom is 0.451 e. The molecule has 2 aromatic rings. The normalized spacial score (nSPS) is 12.8. The number of amides is 1. The molecule has 0 unspecified atom stereocenters. The van der Waals surface area contributed by atoms with Crippen molar-refractivity contribution < 1.29 is 31.5 Å². The Kier molecular flexibility index (Phi) is 4.48. The van der Waals surface area contributed by atoms with Crippen LogP contribution in [0.3, 0.4) is 0 Å². The smallest absolute Gasteiger partial charge is 0.451 e. The number of benzene rings is 1. The molecule has 1 aromatic carbocycles. The van der Waals surface area contributed by atoms with Gasteiger partial charge in [0.25, 0.3) is 5.91 Å². The molecule has 2 N–H and O–H groups in total. The van der Waals surface area contributed by atoms with Crippen LogP contribution in [0, 0.1) is 11.6 Å². The standard InChI is InChI=1S/C12H9F5N4O2/c1-5(23-6-2-3-7(13)8(14)4-6)9(22)18-11-19-10(20-21-11)12(15,16)17/h2-5H,1H3,(H2,18,19,20,21,22)/t5-/m1/s1. The van der Waals surface area contributed by atoms with Gasteiger partial charge in [-0.25, -0.2) is 8.78 Å². The maximum atomic E-state index is 13.0. The van der Waals surface area contributed by atoms with Gasteiger partial charge in [0.05, 0.1) is 0 Å². The number of aromatic amines is 1. The Labute approximate surface area is 125 Å². The van der Waals surface area contributed by atoms with Crippen molar-refractivity contribution in [1.82, 2.24) is 15.2 Å². The summed E-state index contributed by atoms with van der Waals surface area (Å²) in [5.41, 5.74) is 0. The lowest BCUT2D eigenvalue weighted by Crippen LogP contribution is -2.30. The van der Waals surface area contributed by atoms with Gasteiger partial charge in [0, 0.05) is 6.07 Å². The molecule has 0 saturated heterocycles. The van der Waals surface area contributed by atoms with Gasteiger partial charge in [-0.1, -0.05) is 0 Å². The van der Waals surface area contributed by atoms with Crippen molar-refractivity contribution in [2.75, 3.05) is 5.32 Å². The van der Waals surface area contributed by atoms with E-state index in [1.165, 1.54) is 6.92 Å². The molecule has 0 spiro atoms. The molecule has 0 saturated carbocycles. The average molecular weight is 336 g/mol. The lowest BCUT2D eigenvalue weighted by atomic mass is 10.3. The van der Waals surface area contributed by atoms with Gasteiger partial charge in [-0.15, -0.1) is 5.10 Å². The van der Waals surface area contributed by atoms with Crippen LogP contribution < -0.4 is 10.1 Å². The topological polar surface area (TPSA) is 79.9 Å². The summed E-state index contributed by atoms with van der Waals surface area (Å²) in [4.78, 5) is 14.8. The van der Waals surface area contributed by atoms with Gasteiger partial charge in [0.1, 0.15) is 5.75 Å². The highest BCUT2D eigenvalue weighted by molar-refractivity contribution is 5.92. The minimum absolute atomic E-state index is 0.127. The molecular formula is C12H9F5N4O2. The van der Waals surface area contributed by atoms with E-state index in [1.807, 2.05) is 5.32 Å². The number of hydrogen-bond acceptors (Lipinski definition) is 4. The molecule has 124 valence electrons. The largest absolute Gasteiger partial charge is 0.481 e. The van der Waals surface area contributed by atoms with E-state index in [0.29, 0.717) is 0 Å². The number of ether oxygens (including phenoxy) is 1. The molecule has 0 radical (unpaired) electrons. The third-order valence-corrected chi connectivity index (χ3v) is 2.56. The van der Waals surface area contributed by atoms with E-state index < -0.39 is 41.6 Å². The highest BCUT2D eigenvalue weighted by Crippen LogP contribution is 2.26. The summed E-state index contributed by atoms with van der Waals surface area (Å²) in [6.07, 6.45) is -5.95. The van der Waals surface area contributed by atoms with E-state index in [-0.39, 0.29) is 5.75 Å². The van der Waals surface area contributed by atoms with Crippen LogP contribution in [0.15, 0.2) is 18.2 Å². The van der Waals surface area contributed by atoms with Gasteiger partial charge in [0.2, 0.25) is 11.8 Å². The van der Waals surface area contributed by atoms with Crippen LogP contribution in [-0.2, 0) is 11.0 Å². The summed E-state index contributed by atoms with van der Waals surface area (Å²) in [5, 5.41) is 6.80. The first kappa shape index (κ1) is 16.6. The maximum absolute atomic E-state index is 13.0. The predicted molar refractivity (Wildman–Crippen MR) is 66.5 cm³/mol. The number of carbonyl (C=O) groups is 1. The number of nitrogens with zero attached hydrogens (tertiary/aromatic N) is 2. The second kappa shape index (κ2) is 6.18. The van der Waals surface area contributed by atoms with E-state index in [2.05, 4.69) is 10.1 Å². The van der Waals surface area contributed by atoms with Crippen LogP contribution in [0.25, 0.3) is 0 Å². The first-order chi connectivity index (χ1) is 10.7. The molecule has 1 aromatic heterocycles. The molecule has 1 atom stereocenters. The summed E-state index contributed by atoms with van der Waals surface area (Å²) in [7, 11) is 0. The van der Waals surface area contributed by atoms with Crippen molar-refractivity contribution in [2.45, 2.75) is 19.2 Å². The van der Waals surface area contributed by atoms with Crippen molar-refractivity contribution in [3.8, 4) is 5.75 Å². The Morgan fingerprint density at radius 3 is 2.57 bits per heavy atom. The summed E-state index contributed by atoms with van der Waals surface area (Å²) in [6, 6.07) is 2.63. The molecule has 1 heterocycles. The first-order valence-corrected chi connectivity index (χ1v) is 6.09. The third kappa shape index (κ3) is 4.14. The number of anilines is 1. The van der Waals surface area contributed by atoms with Crippen LogP contribution in [0.5, 0.6) is 5.75 Å². The van der Waals surface area contributed by atoms with Gasteiger partial charge in [-0.3, -0.25) is 15.2 Å². The molecule has 2 rings (SSSR count). The van der Waals surface area contributed by atoms with Crippen molar-refractivity contribution in [1.29, 1.82) is 0 Å². The molecule has 0 aliphatic heterocycles. The summed E-state index contributed by atoms with van der Waals surface area (Å²) in [5.74, 6) is -5.22. The molecule has 6 nitrogen and oxygen atoms in total. The number of alkyl halides is 3. The molecule has 0 aliphatic rings.